The number of carbonyl (C=O) groups is 2. The van der Waals surface area contributed by atoms with E-state index in [1.165, 1.54) is 7.11 Å². The number of carbonyl (C=O) groups excluding carboxylic acids is 2. The molecule has 6 heteroatoms. The third kappa shape index (κ3) is 2.84. The van der Waals surface area contributed by atoms with Crippen molar-refractivity contribution in [3.8, 4) is 11.5 Å². The minimum absolute atomic E-state index is 0.0691. The van der Waals surface area contributed by atoms with E-state index < -0.39 is 12.0 Å². The highest BCUT2D eigenvalue weighted by molar-refractivity contribution is 5.97. The Hall–Kier alpha value is -2.24. The van der Waals surface area contributed by atoms with Gasteiger partial charge in [0.05, 0.1) is 7.11 Å². The summed E-state index contributed by atoms with van der Waals surface area (Å²) in [5.74, 6) is 0.244. The summed E-state index contributed by atoms with van der Waals surface area (Å²) in [6, 6.07) is 4.20. The van der Waals surface area contributed by atoms with Crippen molar-refractivity contribution in [2.45, 2.75) is 19.9 Å². The molecule has 0 saturated heterocycles. The minimum Gasteiger partial charge on any atom is -0.467 e. The van der Waals surface area contributed by atoms with Gasteiger partial charge in [-0.2, -0.15) is 0 Å². The molecule has 1 amide bonds. The summed E-state index contributed by atoms with van der Waals surface area (Å²) in [4.78, 5) is 23.8. The topological polar surface area (TPSA) is 73.9 Å². The van der Waals surface area contributed by atoms with Crippen molar-refractivity contribution in [2.24, 2.45) is 5.92 Å². The number of rotatable bonds is 4. The van der Waals surface area contributed by atoms with Crippen LogP contribution >= 0.6 is 0 Å². The number of benzene rings is 1. The number of amides is 1. The molecule has 0 fully saturated rings. The van der Waals surface area contributed by atoms with Crippen molar-refractivity contribution in [3.63, 3.8) is 0 Å². The van der Waals surface area contributed by atoms with Crippen molar-refractivity contribution < 1.29 is 23.8 Å². The highest BCUT2D eigenvalue weighted by Crippen LogP contribution is 2.32. The van der Waals surface area contributed by atoms with Crippen molar-refractivity contribution in [1.82, 2.24) is 5.32 Å². The van der Waals surface area contributed by atoms with Crippen LogP contribution < -0.4 is 14.8 Å². The van der Waals surface area contributed by atoms with Gasteiger partial charge in [-0.05, 0) is 24.1 Å². The molecule has 0 bridgehead atoms. The number of esters is 1. The van der Waals surface area contributed by atoms with Crippen LogP contribution in [0.5, 0.6) is 11.5 Å². The number of hydrogen-bond acceptors (Lipinski definition) is 5. The molecule has 6 nitrogen and oxygen atoms in total. The molecule has 1 N–H and O–H groups in total. The second kappa shape index (κ2) is 5.81. The van der Waals surface area contributed by atoms with E-state index in [2.05, 4.69) is 10.1 Å². The van der Waals surface area contributed by atoms with Gasteiger partial charge in [0.25, 0.3) is 5.91 Å². The van der Waals surface area contributed by atoms with E-state index in [0.29, 0.717) is 17.1 Å². The molecule has 1 unspecified atom stereocenters. The molecule has 0 radical (unpaired) electrons. The largest absolute Gasteiger partial charge is 0.467 e. The molecule has 2 rings (SSSR count). The Labute approximate surface area is 117 Å². The summed E-state index contributed by atoms with van der Waals surface area (Å²) in [7, 11) is 1.30. The number of nitrogens with one attached hydrogen (secondary N) is 1. The minimum atomic E-state index is -0.682. The molecule has 1 aliphatic heterocycles. The molecule has 0 aromatic heterocycles. The Bertz CT molecular complexity index is 526. The van der Waals surface area contributed by atoms with Gasteiger partial charge in [0.15, 0.2) is 11.5 Å². The number of ether oxygens (including phenoxy) is 3. The lowest BCUT2D eigenvalue weighted by Gasteiger charge is -2.19. The Morgan fingerprint density at radius 2 is 1.95 bits per heavy atom. The SMILES string of the molecule is COC(=O)C(NC(=O)c1ccc2c(c1)OCO2)C(C)C. The molecule has 1 aromatic rings. The average Bonchev–Trinajstić information content (AvgIpc) is 2.90. The van der Waals surface area contributed by atoms with E-state index in [1.807, 2.05) is 13.8 Å². The van der Waals surface area contributed by atoms with Crippen LogP contribution in [0, 0.1) is 5.92 Å². The van der Waals surface area contributed by atoms with Gasteiger partial charge < -0.3 is 19.5 Å². The smallest absolute Gasteiger partial charge is 0.328 e. The lowest BCUT2D eigenvalue weighted by atomic mass is 10.0. The molecule has 1 aliphatic rings. The molecule has 0 aliphatic carbocycles. The van der Waals surface area contributed by atoms with Crippen molar-refractivity contribution >= 4 is 11.9 Å². The molecule has 1 atom stereocenters. The lowest BCUT2D eigenvalue weighted by molar-refractivity contribution is -0.144. The zero-order chi connectivity index (χ0) is 14.7. The first-order valence-corrected chi connectivity index (χ1v) is 6.31. The van der Waals surface area contributed by atoms with E-state index in [-0.39, 0.29) is 18.6 Å². The van der Waals surface area contributed by atoms with Crippen LogP contribution in [-0.2, 0) is 9.53 Å². The molecule has 0 saturated carbocycles. The molecule has 20 heavy (non-hydrogen) atoms. The first-order valence-electron chi connectivity index (χ1n) is 6.31. The van der Waals surface area contributed by atoms with Crippen LogP contribution in [0.1, 0.15) is 24.2 Å². The predicted octanol–water partition coefficient (Wildman–Crippen LogP) is 1.34. The van der Waals surface area contributed by atoms with Crippen LogP contribution in [0.4, 0.5) is 0 Å². The van der Waals surface area contributed by atoms with Crippen molar-refractivity contribution in [2.75, 3.05) is 13.9 Å². The molecule has 108 valence electrons. The van der Waals surface area contributed by atoms with Gasteiger partial charge in [-0.25, -0.2) is 4.79 Å². The summed E-state index contributed by atoms with van der Waals surface area (Å²) in [6.45, 7) is 3.82. The first-order chi connectivity index (χ1) is 9.52. The monoisotopic (exact) mass is 279 g/mol. The van der Waals surface area contributed by atoms with Gasteiger partial charge >= 0.3 is 5.97 Å². The Morgan fingerprint density at radius 3 is 2.60 bits per heavy atom. The summed E-state index contributed by atoms with van der Waals surface area (Å²) < 4.78 is 15.1. The third-order valence-corrected chi connectivity index (χ3v) is 3.04. The fourth-order valence-corrected chi connectivity index (χ4v) is 1.89. The molecule has 1 aromatic carbocycles. The summed E-state index contributed by atoms with van der Waals surface area (Å²) in [5.41, 5.74) is 0.406. The van der Waals surface area contributed by atoms with Gasteiger partial charge in [-0.15, -0.1) is 0 Å². The van der Waals surface area contributed by atoms with Gasteiger partial charge in [0.1, 0.15) is 6.04 Å². The van der Waals surface area contributed by atoms with Crippen molar-refractivity contribution in [3.05, 3.63) is 23.8 Å². The van der Waals surface area contributed by atoms with E-state index >= 15 is 0 Å². The maximum absolute atomic E-state index is 12.2. The highest BCUT2D eigenvalue weighted by Gasteiger charge is 2.26. The number of methoxy groups -OCH3 is 1. The first kappa shape index (κ1) is 14.2. The second-order valence-electron chi connectivity index (χ2n) is 4.79. The summed E-state index contributed by atoms with van der Waals surface area (Å²) in [6.07, 6.45) is 0. The summed E-state index contributed by atoms with van der Waals surface area (Å²) in [5, 5.41) is 2.66. The van der Waals surface area contributed by atoms with Gasteiger partial charge in [0, 0.05) is 5.56 Å². The van der Waals surface area contributed by atoms with Crippen LogP contribution in [0.3, 0.4) is 0 Å². The number of hydrogen-bond donors (Lipinski definition) is 1. The fraction of sp³-hybridized carbons (Fsp3) is 0.429. The Morgan fingerprint density at radius 1 is 1.25 bits per heavy atom. The van der Waals surface area contributed by atoms with Crippen LogP contribution in [0.15, 0.2) is 18.2 Å². The van der Waals surface area contributed by atoms with E-state index in [4.69, 9.17) is 9.47 Å². The average molecular weight is 279 g/mol. The molecule has 1 heterocycles. The normalized spacial score (nSPS) is 14.0. The quantitative estimate of drug-likeness (QED) is 0.842. The van der Waals surface area contributed by atoms with E-state index in [1.54, 1.807) is 18.2 Å². The van der Waals surface area contributed by atoms with Gasteiger partial charge in [-0.3, -0.25) is 4.79 Å². The van der Waals surface area contributed by atoms with E-state index in [9.17, 15) is 9.59 Å². The van der Waals surface area contributed by atoms with Crippen LogP contribution in [0.25, 0.3) is 0 Å². The second-order valence-corrected chi connectivity index (χ2v) is 4.79. The molecular formula is C14H17NO5. The highest BCUT2D eigenvalue weighted by atomic mass is 16.7. The van der Waals surface area contributed by atoms with Crippen LogP contribution in [-0.4, -0.2) is 31.8 Å². The van der Waals surface area contributed by atoms with Crippen molar-refractivity contribution in [1.29, 1.82) is 0 Å². The maximum Gasteiger partial charge on any atom is 0.328 e. The molecular weight excluding hydrogens is 262 g/mol. The maximum atomic E-state index is 12.2. The van der Waals surface area contributed by atoms with Gasteiger partial charge in [-0.1, -0.05) is 13.8 Å². The lowest BCUT2D eigenvalue weighted by Crippen LogP contribution is -2.45. The summed E-state index contributed by atoms with van der Waals surface area (Å²) >= 11 is 0. The van der Waals surface area contributed by atoms with E-state index in [0.717, 1.165) is 0 Å². The predicted molar refractivity (Wildman–Crippen MR) is 70.7 cm³/mol. The fourth-order valence-electron chi connectivity index (χ4n) is 1.89. The zero-order valence-electron chi connectivity index (χ0n) is 11.6. The number of fused-ring (bicyclic) bond motifs is 1. The van der Waals surface area contributed by atoms with Crippen LogP contribution in [0.2, 0.25) is 0 Å². The Kier molecular flexibility index (Phi) is 4.12. The molecule has 0 spiro atoms. The third-order valence-electron chi connectivity index (χ3n) is 3.04. The zero-order valence-corrected chi connectivity index (χ0v) is 11.6. The Balaban J connectivity index is 2.12. The van der Waals surface area contributed by atoms with Gasteiger partial charge in [0.2, 0.25) is 6.79 Å². The standard InChI is InChI=1S/C14H17NO5/c1-8(2)12(14(17)18-3)15-13(16)9-4-5-10-11(6-9)20-7-19-10/h4-6,8,12H,7H2,1-3H3,(H,15,16).